The molecule has 3 nitrogen and oxygen atoms in total. The molecule has 0 aromatic heterocycles. The van der Waals surface area contributed by atoms with E-state index in [4.69, 9.17) is 73.2 Å². The van der Waals surface area contributed by atoms with Gasteiger partial charge < -0.3 is 15.4 Å². The Morgan fingerprint density at radius 2 is 1.14 bits per heavy atom. The molecule has 1 fully saturated rings. The van der Waals surface area contributed by atoms with Crippen molar-refractivity contribution in [3.63, 3.8) is 0 Å². The summed E-state index contributed by atoms with van der Waals surface area (Å²) in [6.07, 6.45) is 0. The van der Waals surface area contributed by atoms with Crippen LogP contribution in [0.2, 0.25) is 0 Å². The lowest BCUT2D eigenvalue weighted by Gasteiger charge is -2.71. The zero-order chi connectivity index (χ0) is 16.3. The summed E-state index contributed by atoms with van der Waals surface area (Å²) in [6, 6.07) is 6.30. The first-order chi connectivity index (χ1) is 9.33. The van der Waals surface area contributed by atoms with Crippen molar-refractivity contribution in [1.29, 1.82) is 0 Å². The molecule has 0 amide bonds. The molecule has 0 atom stereocenters. The normalized spacial score (nSPS) is 25.2. The quantitative estimate of drug-likeness (QED) is 0.432. The van der Waals surface area contributed by atoms with Gasteiger partial charge in [-0.05, 0) is 45.7 Å². The molecule has 1 aliphatic heterocycles. The third kappa shape index (κ3) is 2.38. The fourth-order valence-electron chi connectivity index (χ4n) is 2.15. The number of rotatable bonds is 1. The molecule has 86 valence electrons. The van der Waals surface area contributed by atoms with Crippen molar-refractivity contribution in [3.05, 3.63) is 24.3 Å². The number of nitrogens with zero attached hydrogens (tertiary/aromatic N) is 1. The molecule has 1 aliphatic rings. The topological polar surface area (TPSA) is 38.5 Å². The highest BCUT2D eigenvalue weighted by Gasteiger charge is 2.56. The molecule has 0 saturated carbocycles. The molecule has 0 spiro atoms. The molecule has 2 rings (SSSR count). The van der Waals surface area contributed by atoms with Gasteiger partial charge in [-0.2, -0.15) is 0 Å². The minimum Gasteiger partial charge on any atom is -0.405 e. The second-order valence-electron chi connectivity index (χ2n) is 5.27. The van der Waals surface area contributed by atoms with Gasteiger partial charge in [-0.3, -0.25) is 0 Å². The van der Waals surface area contributed by atoms with Crippen LogP contribution in [0.15, 0.2) is 24.3 Å². The molecular formula is C10H6B8N2O. The van der Waals surface area contributed by atoms with Crippen LogP contribution in [-0.2, 0) is 4.74 Å². The molecule has 1 aromatic carbocycles. The van der Waals surface area contributed by atoms with Gasteiger partial charge in [-0.25, -0.2) is 0 Å². The third-order valence-corrected chi connectivity index (χ3v) is 3.48. The summed E-state index contributed by atoms with van der Waals surface area (Å²) in [7, 11) is 47.1. The second kappa shape index (κ2) is 4.65. The Balaban J connectivity index is 2.64. The molecule has 0 bridgehead atoms. The Labute approximate surface area is 135 Å². The zero-order valence-electron chi connectivity index (χ0n) is 11.4. The summed E-state index contributed by atoms with van der Waals surface area (Å²) in [6.45, 7) is 0. The fraction of sp³-hybridized carbons (Fsp3) is 0.400. The van der Waals surface area contributed by atoms with E-state index in [9.17, 15) is 0 Å². The summed E-state index contributed by atoms with van der Waals surface area (Å²) in [4.78, 5) is 1.10. The van der Waals surface area contributed by atoms with Crippen LogP contribution in [0.1, 0.15) is 0 Å². The number of benzene rings is 1. The van der Waals surface area contributed by atoms with Crippen LogP contribution >= 0.6 is 0 Å². The Hall–Kier alpha value is -0.701. The first-order valence-corrected chi connectivity index (χ1v) is 6.00. The van der Waals surface area contributed by atoms with Crippen LogP contribution in [0.3, 0.4) is 0 Å². The number of nitrogens with two attached hydrogens (primary N) is 1. The number of anilines is 2. The van der Waals surface area contributed by atoms with Gasteiger partial charge in [0.2, 0.25) is 0 Å². The van der Waals surface area contributed by atoms with Crippen molar-refractivity contribution in [3.8, 4) is 0 Å². The van der Waals surface area contributed by atoms with Gasteiger partial charge >= 0.3 is 0 Å². The average molecular weight is 257 g/mol. The van der Waals surface area contributed by atoms with Gasteiger partial charge in [-0.1, -0.05) is 0 Å². The van der Waals surface area contributed by atoms with Crippen LogP contribution < -0.4 is 10.6 Å². The highest BCUT2D eigenvalue weighted by Crippen LogP contribution is 2.42. The lowest BCUT2D eigenvalue weighted by Crippen LogP contribution is -2.86. The standard InChI is InChI=1S/C10H6B8N2O/c11-7(12)9(15,16)21-10(17,18)8(13,14)20(7)6-3-1-5(19)2-4-6/h1-4H,19H2. The highest BCUT2D eigenvalue weighted by atomic mass is 16.5. The van der Waals surface area contributed by atoms with Crippen LogP contribution in [0, 0.1) is 0 Å². The Morgan fingerprint density at radius 1 is 0.762 bits per heavy atom. The molecule has 2 N–H and O–H groups in total. The highest BCUT2D eigenvalue weighted by molar-refractivity contribution is 6.61. The molecular weight excluding hydrogens is 251 g/mol. The van der Waals surface area contributed by atoms with E-state index in [1.54, 1.807) is 24.3 Å². The summed E-state index contributed by atoms with van der Waals surface area (Å²) < 4.78 is 5.11. The van der Waals surface area contributed by atoms with E-state index < -0.39 is 21.5 Å². The van der Waals surface area contributed by atoms with E-state index in [-0.39, 0.29) is 0 Å². The number of hydrogen-bond donors (Lipinski definition) is 1. The molecule has 1 aromatic rings. The van der Waals surface area contributed by atoms with Gasteiger partial charge in [-0.15, -0.1) is 0 Å². The molecule has 0 aliphatic carbocycles. The van der Waals surface area contributed by atoms with Crippen molar-refractivity contribution in [2.45, 2.75) is 21.5 Å². The smallest absolute Gasteiger partial charge is 0.100 e. The van der Waals surface area contributed by atoms with Crippen LogP contribution in [0.5, 0.6) is 0 Å². The Bertz CT molecular complexity index is 518. The van der Waals surface area contributed by atoms with E-state index in [0.29, 0.717) is 11.4 Å². The first-order valence-electron chi connectivity index (χ1n) is 6.00. The van der Waals surface area contributed by atoms with E-state index >= 15 is 0 Å². The predicted molar refractivity (Wildman–Crippen MR) is 91.4 cm³/mol. The fourth-order valence-corrected chi connectivity index (χ4v) is 2.15. The predicted octanol–water partition coefficient (Wildman–Crippen LogP) is -2.93. The molecule has 11 heteroatoms. The Kier molecular flexibility index (Phi) is 3.69. The molecule has 21 heavy (non-hydrogen) atoms. The minimum atomic E-state index is -2.12. The van der Waals surface area contributed by atoms with Gasteiger partial charge in [0.1, 0.15) is 31.4 Å². The average Bonchev–Trinajstić information content (AvgIpc) is 2.28. The zero-order valence-corrected chi connectivity index (χ0v) is 11.4. The maximum atomic E-state index is 5.99. The molecule has 16 radical (unpaired) electrons. The maximum absolute atomic E-state index is 5.99. The van der Waals surface area contributed by atoms with E-state index in [1.807, 2.05) is 0 Å². The Morgan fingerprint density at radius 3 is 1.52 bits per heavy atom. The number of morpholine rings is 1. The summed E-state index contributed by atoms with van der Waals surface area (Å²) in [5.74, 6) is 0. The SMILES string of the molecule is [B]C1([B])OC([B])([B])C([B])([B])N(c2ccc(N)cc2)C1([B])[B]. The number of nitrogen functional groups attached to an aromatic ring is 1. The van der Waals surface area contributed by atoms with Crippen molar-refractivity contribution >= 4 is 74.1 Å². The van der Waals surface area contributed by atoms with Crippen LogP contribution in [0.25, 0.3) is 0 Å². The van der Waals surface area contributed by atoms with E-state index in [1.165, 1.54) is 0 Å². The van der Waals surface area contributed by atoms with Gasteiger partial charge in [0.25, 0.3) is 0 Å². The monoisotopic (exact) mass is 258 g/mol. The van der Waals surface area contributed by atoms with Crippen LogP contribution in [0.4, 0.5) is 11.4 Å². The summed E-state index contributed by atoms with van der Waals surface area (Å²) >= 11 is 0. The molecule has 0 unspecified atom stereocenters. The van der Waals surface area contributed by atoms with Crippen molar-refractivity contribution in [2.24, 2.45) is 0 Å². The van der Waals surface area contributed by atoms with Crippen molar-refractivity contribution in [1.82, 2.24) is 0 Å². The van der Waals surface area contributed by atoms with Crippen molar-refractivity contribution < 1.29 is 4.74 Å². The lowest BCUT2D eigenvalue weighted by molar-refractivity contribution is -0.0253. The third-order valence-electron chi connectivity index (χ3n) is 3.48. The number of hydrogen-bond acceptors (Lipinski definition) is 3. The molecule has 1 saturated heterocycles. The first kappa shape index (κ1) is 16.7. The van der Waals surface area contributed by atoms with Gasteiger partial charge in [0.05, 0.1) is 31.4 Å². The van der Waals surface area contributed by atoms with E-state index in [0.717, 1.165) is 4.90 Å². The lowest BCUT2D eigenvalue weighted by atomic mass is 9.30. The summed E-state index contributed by atoms with van der Waals surface area (Å²) in [5.41, 5.74) is 6.50. The molecule has 1 heterocycles. The van der Waals surface area contributed by atoms with E-state index in [2.05, 4.69) is 0 Å². The van der Waals surface area contributed by atoms with Crippen molar-refractivity contribution in [2.75, 3.05) is 10.6 Å². The summed E-state index contributed by atoms with van der Waals surface area (Å²) in [5, 5.41) is -8.26. The van der Waals surface area contributed by atoms with Gasteiger partial charge in [0.15, 0.2) is 0 Å². The largest absolute Gasteiger partial charge is 0.405 e. The second-order valence-corrected chi connectivity index (χ2v) is 5.27. The minimum absolute atomic E-state index is 0.364. The van der Waals surface area contributed by atoms with Crippen LogP contribution in [-0.4, -0.2) is 84.2 Å². The maximum Gasteiger partial charge on any atom is 0.100 e. The van der Waals surface area contributed by atoms with Gasteiger partial charge in [0, 0.05) is 11.4 Å². The number of ether oxygens (including phenoxy) is 1.